The van der Waals surface area contributed by atoms with E-state index in [9.17, 15) is 9.59 Å². The number of ether oxygens (including phenoxy) is 3. The average molecular weight is 496 g/mol. The monoisotopic (exact) mass is 495 g/mol. The largest absolute Gasteiger partial charge is 0.454 e. The number of β-lactam (4-membered cyclic amide) rings is 1. The van der Waals surface area contributed by atoms with Crippen molar-refractivity contribution in [2.45, 2.75) is 30.8 Å². The summed E-state index contributed by atoms with van der Waals surface area (Å²) in [6.45, 7) is 3.40. The van der Waals surface area contributed by atoms with Gasteiger partial charge in [-0.1, -0.05) is 6.07 Å². The number of likely N-dealkylation sites (tertiary alicyclic amines) is 1. The van der Waals surface area contributed by atoms with Crippen LogP contribution in [0.2, 0.25) is 0 Å². The summed E-state index contributed by atoms with van der Waals surface area (Å²) in [6, 6.07) is 13.6. The highest BCUT2D eigenvalue weighted by Gasteiger charge is 2.55. The molecule has 35 heavy (non-hydrogen) atoms. The van der Waals surface area contributed by atoms with Crippen molar-refractivity contribution in [1.82, 2.24) is 4.90 Å². The SMILES string of the molecule is O=C1CC(c2ccc3c(c2)OCO3)N1C1(C(=O)Nc2ccc(N3CCOCC3)cc2)CCSCC1. The molecule has 0 saturated carbocycles. The van der Waals surface area contributed by atoms with Gasteiger partial charge in [0.2, 0.25) is 18.6 Å². The van der Waals surface area contributed by atoms with Gasteiger partial charge in [0.25, 0.3) is 0 Å². The number of nitrogens with zero attached hydrogens (tertiary/aromatic N) is 2. The van der Waals surface area contributed by atoms with Crippen LogP contribution in [-0.4, -0.2) is 66.9 Å². The van der Waals surface area contributed by atoms with E-state index in [-0.39, 0.29) is 24.6 Å². The number of fused-ring (bicyclic) bond motifs is 1. The van der Waals surface area contributed by atoms with Crippen molar-refractivity contribution in [2.75, 3.05) is 54.8 Å². The van der Waals surface area contributed by atoms with E-state index in [0.29, 0.717) is 30.8 Å². The molecule has 3 fully saturated rings. The topological polar surface area (TPSA) is 80.3 Å². The predicted octanol–water partition coefficient (Wildman–Crippen LogP) is 3.43. The molecule has 6 rings (SSSR count). The zero-order valence-electron chi connectivity index (χ0n) is 19.5. The standard InChI is InChI=1S/C26H29N3O5S/c30-24-16-21(18-1-6-22-23(15-18)34-17-33-22)29(24)26(7-13-35-14-8-26)25(31)27-19-2-4-20(5-3-19)28-9-11-32-12-10-28/h1-6,15,21H,7-14,16-17H2,(H,27,31). The molecule has 1 N–H and O–H groups in total. The minimum Gasteiger partial charge on any atom is -0.454 e. The van der Waals surface area contributed by atoms with Gasteiger partial charge in [-0.25, -0.2) is 0 Å². The normalized spacial score (nSPS) is 23.1. The summed E-state index contributed by atoms with van der Waals surface area (Å²) in [6.07, 6.45) is 1.68. The van der Waals surface area contributed by atoms with Crippen molar-refractivity contribution < 1.29 is 23.8 Å². The molecule has 0 bridgehead atoms. The second-order valence-electron chi connectivity index (χ2n) is 9.34. The van der Waals surface area contributed by atoms with Gasteiger partial charge >= 0.3 is 0 Å². The quantitative estimate of drug-likeness (QED) is 0.637. The highest BCUT2D eigenvalue weighted by molar-refractivity contribution is 7.99. The Balaban J connectivity index is 1.23. The molecule has 9 heteroatoms. The number of anilines is 2. The molecule has 0 spiro atoms. The van der Waals surface area contributed by atoms with Crippen molar-refractivity contribution in [3.8, 4) is 11.5 Å². The van der Waals surface area contributed by atoms with Gasteiger partial charge in [-0.2, -0.15) is 11.8 Å². The van der Waals surface area contributed by atoms with E-state index < -0.39 is 5.54 Å². The number of rotatable bonds is 5. The van der Waals surface area contributed by atoms with Crippen molar-refractivity contribution in [3.63, 3.8) is 0 Å². The van der Waals surface area contributed by atoms with Gasteiger partial charge in [-0.05, 0) is 66.3 Å². The molecule has 184 valence electrons. The van der Waals surface area contributed by atoms with Gasteiger partial charge in [-0.3, -0.25) is 9.59 Å². The van der Waals surface area contributed by atoms with Crippen LogP contribution in [0.3, 0.4) is 0 Å². The molecule has 3 saturated heterocycles. The molecule has 1 unspecified atom stereocenters. The van der Waals surface area contributed by atoms with E-state index in [4.69, 9.17) is 14.2 Å². The lowest BCUT2D eigenvalue weighted by Gasteiger charge is -2.53. The first-order valence-electron chi connectivity index (χ1n) is 12.2. The third kappa shape index (κ3) is 4.10. The van der Waals surface area contributed by atoms with Crippen molar-refractivity contribution in [3.05, 3.63) is 48.0 Å². The molecule has 2 aromatic carbocycles. The summed E-state index contributed by atoms with van der Waals surface area (Å²) < 4.78 is 16.4. The van der Waals surface area contributed by atoms with Gasteiger partial charge in [-0.15, -0.1) is 0 Å². The van der Waals surface area contributed by atoms with Gasteiger partial charge < -0.3 is 29.3 Å². The summed E-state index contributed by atoms with van der Waals surface area (Å²) in [5.74, 6) is 3.03. The minimum absolute atomic E-state index is 0.0254. The first kappa shape index (κ1) is 22.5. The third-order valence-electron chi connectivity index (χ3n) is 7.43. The Hall–Kier alpha value is -2.91. The third-order valence-corrected chi connectivity index (χ3v) is 8.42. The maximum Gasteiger partial charge on any atom is 0.250 e. The maximum absolute atomic E-state index is 13.8. The second kappa shape index (κ2) is 9.28. The number of carbonyl (C=O) groups excluding carboxylic acids is 2. The summed E-state index contributed by atoms with van der Waals surface area (Å²) in [7, 11) is 0. The Morgan fingerprint density at radius 1 is 1.00 bits per heavy atom. The predicted molar refractivity (Wildman–Crippen MR) is 134 cm³/mol. The van der Waals surface area contributed by atoms with Crippen LogP contribution < -0.4 is 19.7 Å². The fourth-order valence-electron chi connectivity index (χ4n) is 5.45. The van der Waals surface area contributed by atoms with Crippen LogP contribution in [0.25, 0.3) is 0 Å². The van der Waals surface area contributed by atoms with Crippen LogP contribution in [0.1, 0.15) is 30.9 Å². The van der Waals surface area contributed by atoms with E-state index in [1.165, 1.54) is 0 Å². The number of morpholine rings is 1. The highest BCUT2D eigenvalue weighted by atomic mass is 32.2. The highest BCUT2D eigenvalue weighted by Crippen LogP contribution is 2.48. The van der Waals surface area contributed by atoms with Gasteiger partial charge in [0, 0.05) is 24.5 Å². The van der Waals surface area contributed by atoms with E-state index in [0.717, 1.165) is 54.7 Å². The lowest BCUT2D eigenvalue weighted by Crippen LogP contribution is -2.66. The summed E-state index contributed by atoms with van der Waals surface area (Å²) in [5, 5.41) is 3.14. The minimum atomic E-state index is -0.857. The Morgan fingerprint density at radius 3 is 2.49 bits per heavy atom. The average Bonchev–Trinajstić information content (AvgIpc) is 3.36. The molecular formula is C26H29N3O5S. The van der Waals surface area contributed by atoms with Crippen LogP contribution in [0, 0.1) is 0 Å². The number of hydrogen-bond donors (Lipinski definition) is 1. The molecular weight excluding hydrogens is 466 g/mol. The van der Waals surface area contributed by atoms with Gasteiger partial charge in [0.05, 0.1) is 25.7 Å². The lowest BCUT2D eigenvalue weighted by molar-refractivity contribution is -0.164. The first-order chi connectivity index (χ1) is 17.1. The van der Waals surface area contributed by atoms with Crippen LogP contribution in [0.15, 0.2) is 42.5 Å². The zero-order valence-corrected chi connectivity index (χ0v) is 20.4. The van der Waals surface area contributed by atoms with Crippen LogP contribution >= 0.6 is 11.8 Å². The molecule has 8 nitrogen and oxygen atoms in total. The number of nitrogens with one attached hydrogen (secondary N) is 1. The van der Waals surface area contributed by atoms with Crippen LogP contribution in [0.4, 0.5) is 11.4 Å². The number of carbonyl (C=O) groups is 2. The second-order valence-corrected chi connectivity index (χ2v) is 10.6. The Bertz CT molecular complexity index is 1110. The molecule has 4 aliphatic rings. The van der Waals surface area contributed by atoms with E-state index >= 15 is 0 Å². The summed E-state index contributed by atoms with van der Waals surface area (Å²) in [5.41, 5.74) is 1.99. The molecule has 2 aromatic rings. The fourth-order valence-corrected chi connectivity index (χ4v) is 6.62. The zero-order chi connectivity index (χ0) is 23.8. The maximum atomic E-state index is 13.8. The number of benzene rings is 2. The first-order valence-corrected chi connectivity index (χ1v) is 13.3. The van der Waals surface area contributed by atoms with Gasteiger partial charge in [0.1, 0.15) is 5.54 Å². The van der Waals surface area contributed by atoms with E-state index in [1.807, 2.05) is 59.1 Å². The fraction of sp³-hybridized carbons (Fsp3) is 0.462. The number of thioether (sulfide) groups is 1. The van der Waals surface area contributed by atoms with E-state index in [1.54, 1.807) is 0 Å². The Labute approximate surface area is 208 Å². The molecule has 0 aliphatic carbocycles. The van der Waals surface area contributed by atoms with Crippen LogP contribution in [-0.2, 0) is 14.3 Å². The lowest BCUT2D eigenvalue weighted by atomic mass is 9.80. The Morgan fingerprint density at radius 2 is 1.74 bits per heavy atom. The number of hydrogen-bond acceptors (Lipinski definition) is 7. The van der Waals surface area contributed by atoms with Crippen LogP contribution in [0.5, 0.6) is 11.5 Å². The molecule has 4 heterocycles. The smallest absolute Gasteiger partial charge is 0.250 e. The summed E-state index contributed by atoms with van der Waals surface area (Å²) in [4.78, 5) is 30.9. The van der Waals surface area contributed by atoms with Gasteiger partial charge in [0.15, 0.2) is 11.5 Å². The summed E-state index contributed by atoms with van der Waals surface area (Å²) >= 11 is 1.83. The van der Waals surface area contributed by atoms with E-state index in [2.05, 4.69) is 10.2 Å². The molecule has 2 amide bonds. The Kier molecular flexibility index (Phi) is 5.98. The van der Waals surface area contributed by atoms with Crippen molar-refractivity contribution >= 4 is 35.0 Å². The molecule has 4 aliphatic heterocycles. The van der Waals surface area contributed by atoms with Crippen molar-refractivity contribution in [2.24, 2.45) is 0 Å². The molecule has 1 atom stereocenters. The van der Waals surface area contributed by atoms with Crippen molar-refractivity contribution in [1.29, 1.82) is 0 Å². The molecule has 0 radical (unpaired) electrons. The number of amides is 2. The molecule has 0 aromatic heterocycles.